The van der Waals surface area contributed by atoms with Crippen LogP contribution in [0.1, 0.15) is 27.0 Å². The summed E-state index contributed by atoms with van der Waals surface area (Å²) in [5, 5.41) is 2.07. The van der Waals surface area contributed by atoms with Crippen molar-refractivity contribution in [3.63, 3.8) is 0 Å². The molecule has 0 radical (unpaired) electrons. The molecule has 0 bridgehead atoms. The first kappa shape index (κ1) is 17.5. The Morgan fingerprint density at radius 3 is 2.86 bits per heavy atom. The lowest BCUT2D eigenvalue weighted by Gasteiger charge is -2.38. The van der Waals surface area contributed by atoms with Gasteiger partial charge in [-0.2, -0.15) is 0 Å². The van der Waals surface area contributed by atoms with Gasteiger partial charge in [0.2, 0.25) is 5.88 Å². The van der Waals surface area contributed by atoms with Crippen molar-refractivity contribution in [1.82, 2.24) is 19.4 Å². The number of likely N-dealkylation sites (tertiary alicyclic amines) is 1. The van der Waals surface area contributed by atoms with Gasteiger partial charge >= 0.3 is 0 Å². The molecule has 1 saturated heterocycles. The van der Waals surface area contributed by atoms with Gasteiger partial charge in [-0.05, 0) is 29.6 Å². The van der Waals surface area contributed by atoms with Crippen LogP contribution in [0, 0.1) is 0 Å². The summed E-state index contributed by atoms with van der Waals surface area (Å²) < 4.78 is 7.59. The highest BCUT2D eigenvalue weighted by Gasteiger charge is 2.45. The Morgan fingerprint density at radius 2 is 2.04 bits per heavy atom. The van der Waals surface area contributed by atoms with Gasteiger partial charge in [0.25, 0.3) is 5.91 Å². The Hall–Kier alpha value is -2.64. The molecule has 0 spiro atoms. The fourth-order valence-corrected chi connectivity index (χ4v) is 5.15. The van der Waals surface area contributed by atoms with Crippen LogP contribution in [0.5, 0.6) is 5.88 Å². The van der Waals surface area contributed by atoms with Crippen LogP contribution >= 0.6 is 11.3 Å². The molecule has 0 unspecified atom stereocenters. The van der Waals surface area contributed by atoms with Crippen molar-refractivity contribution < 1.29 is 9.53 Å². The predicted octanol–water partition coefficient (Wildman–Crippen LogP) is 3.03. The van der Waals surface area contributed by atoms with Gasteiger partial charge in [-0.25, -0.2) is 4.98 Å². The van der Waals surface area contributed by atoms with Crippen molar-refractivity contribution in [2.45, 2.75) is 25.2 Å². The molecule has 2 atom stereocenters. The third-order valence-electron chi connectivity index (χ3n) is 5.69. The van der Waals surface area contributed by atoms with E-state index in [-0.39, 0.29) is 18.0 Å². The molecular formula is C21H22N4O2S. The zero-order valence-corrected chi connectivity index (χ0v) is 16.5. The number of amides is 1. The van der Waals surface area contributed by atoms with Gasteiger partial charge in [0, 0.05) is 42.5 Å². The third-order valence-corrected chi connectivity index (χ3v) is 6.56. The molecule has 7 heteroatoms. The van der Waals surface area contributed by atoms with E-state index in [0.29, 0.717) is 12.4 Å². The van der Waals surface area contributed by atoms with Gasteiger partial charge in [0.1, 0.15) is 5.69 Å². The summed E-state index contributed by atoms with van der Waals surface area (Å²) in [5.41, 5.74) is 1.87. The minimum absolute atomic E-state index is 0.125. The van der Waals surface area contributed by atoms with Gasteiger partial charge in [-0.1, -0.05) is 12.1 Å². The molecule has 0 aliphatic carbocycles. The van der Waals surface area contributed by atoms with Crippen LogP contribution in [0.4, 0.5) is 0 Å². The first-order valence-electron chi connectivity index (χ1n) is 9.45. The standard InChI is InChI=1S/C21H22N4O2S/c1-27-20-15(5-2-8-22-20)11-23-13-18-19(14-23)25(12-16-6-4-10-28-16)21(26)17-7-3-9-24(17)18/h2-10,18-19H,11-14H2,1H3/t18-,19+/m0/s1. The number of pyridine rings is 1. The summed E-state index contributed by atoms with van der Waals surface area (Å²) in [6.07, 6.45) is 3.79. The van der Waals surface area contributed by atoms with Gasteiger partial charge in [0.15, 0.2) is 0 Å². The number of thiophene rings is 1. The zero-order valence-electron chi connectivity index (χ0n) is 15.7. The molecule has 0 N–H and O–H groups in total. The van der Waals surface area contributed by atoms with E-state index < -0.39 is 0 Å². The maximum Gasteiger partial charge on any atom is 0.271 e. The number of hydrogen-bond acceptors (Lipinski definition) is 5. The molecule has 2 aliphatic heterocycles. The zero-order chi connectivity index (χ0) is 19.1. The molecule has 2 aliphatic rings. The van der Waals surface area contributed by atoms with E-state index in [1.807, 2.05) is 30.5 Å². The highest BCUT2D eigenvalue weighted by molar-refractivity contribution is 7.09. The lowest BCUT2D eigenvalue weighted by Crippen LogP contribution is -2.49. The lowest BCUT2D eigenvalue weighted by molar-refractivity contribution is 0.0559. The number of methoxy groups -OCH3 is 1. The normalized spacial score (nSPS) is 21.6. The minimum Gasteiger partial charge on any atom is -0.481 e. The first-order chi connectivity index (χ1) is 13.7. The number of rotatable bonds is 5. The monoisotopic (exact) mass is 394 g/mol. The minimum atomic E-state index is 0.125. The number of fused-ring (bicyclic) bond motifs is 3. The average molecular weight is 395 g/mol. The number of ether oxygens (including phenoxy) is 1. The maximum atomic E-state index is 13.2. The van der Waals surface area contributed by atoms with E-state index in [9.17, 15) is 4.79 Å². The number of hydrogen-bond donors (Lipinski definition) is 0. The molecule has 5 rings (SSSR count). The van der Waals surface area contributed by atoms with Crippen molar-refractivity contribution in [3.05, 3.63) is 70.3 Å². The van der Waals surface area contributed by atoms with E-state index in [0.717, 1.165) is 30.9 Å². The number of carbonyl (C=O) groups is 1. The second-order valence-electron chi connectivity index (χ2n) is 7.31. The van der Waals surface area contributed by atoms with E-state index in [1.54, 1.807) is 24.6 Å². The largest absolute Gasteiger partial charge is 0.481 e. The van der Waals surface area contributed by atoms with Crippen molar-refractivity contribution >= 4 is 17.2 Å². The highest BCUT2D eigenvalue weighted by Crippen LogP contribution is 2.36. The summed E-state index contributed by atoms with van der Waals surface area (Å²) >= 11 is 1.71. The van der Waals surface area contributed by atoms with Crippen molar-refractivity contribution in [3.8, 4) is 5.88 Å². The summed E-state index contributed by atoms with van der Waals surface area (Å²) in [6, 6.07) is 12.5. The van der Waals surface area contributed by atoms with Crippen LogP contribution in [0.25, 0.3) is 0 Å². The van der Waals surface area contributed by atoms with Crippen molar-refractivity contribution in [2.24, 2.45) is 0 Å². The maximum absolute atomic E-state index is 13.2. The second-order valence-corrected chi connectivity index (χ2v) is 8.35. The molecule has 144 valence electrons. The Morgan fingerprint density at radius 1 is 1.14 bits per heavy atom. The number of aromatic nitrogens is 2. The highest BCUT2D eigenvalue weighted by atomic mass is 32.1. The third kappa shape index (κ3) is 2.91. The molecule has 3 aromatic heterocycles. The number of nitrogens with zero attached hydrogens (tertiary/aromatic N) is 4. The van der Waals surface area contributed by atoms with E-state index in [1.165, 1.54) is 4.88 Å². The molecule has 1 amide bonds. The summed E-state index contributed by atoms with van der Waals surface area (Å²) in [7, 11) is 1.66. The molecule has 0 saturated carbocycles. The second kappa shape index (κ2) is 7.07. The Labute approximate surface area is 168 Å². The molecule has 5 heterocycles. The van der Waals surface area contributed by atoms with Gasteiger partial charge in [0.05, 0.1) is 25.7 Å². The Kier molecular flexibility index (Phi) is 4.41. The topological polar surface area (TPSA) is 50.6 Å². The summed E-state index contributed by atoms with van der Waals surface area (Å²) in [5.74, 6) is 0.797. The molecule has 3 aromatic rings. The first-order valence-corrected chi connectivity index (χ1v) is 10.3. The fourth-order valence-electron chi connectivity index (χ4n) is 4.45. The van der Waals surface area contributed by atoms with E-state index in [4.69, 9.17) is 4.74 Å². The molecule has 6 nitrogen and oxygen atoms in total. The van der Waals surface area contributed by atoms with Crippen LogP contribution in [0.3, 0.4) is 0 Å². The molecule has 1 fully saturated rings. The van der Waals surface area contributed by atoms with Gasteiger partial charge in [-0.3, -0.25) is 9.69 Å². The summed E-state index contributed by atoms with van der Waals surface area (Å²) in [6.45, 7) is 3.19. The van der Waals surface area contributed by atoms with Gasteiger partial charge in [-0.15, -0.1) is 11.3 Å². The van der Waals surface area contributed by atoms with Crippen LogP contribution in [0.2, 0.25) is 0 Å². The molecular weight excluding hydrogens is 372 g/mol. The van der Waals surface area contributed by atoms with Crippen molar-refractivity contribution in [2.75, 3.05) is 20.2 Å². The predicted molar refractivity (Wildman–Crippen MR) is 108 cm³/mol. The van der Waals surface area contributed by atoms with Crippen LogP contribution in [0.15, 0.2) is 54.2 Å². The lowest BCUT2D eigenvalue weighted by atomic mass is 10.1. The quantitative estimate of drug-likeness (QED) is 0.668. The van der Waals surface area contributed by atoms with Crippen LogP contribution < -0.4 is 4.74 Å². The number of carbonyl (C=O) groups excluding carboxylic acids is 1. The Balaban J connectivity index is 1.43. The smallest absolute Gasteiger partial charge is 0.271 e. The van der Waals surface area contributed by atoms with E-state index in [2.05, 4.69) is 36.9 Å². The van der Waals surface area contributed by atoms with Crippen LogP contribution in [-0.4, -0.2) is 51.5 Å². The van der Waals surface area contributed by atoms with E-state index >= 15 is 0 Å². The van der Waals surface area contributed by atoms with Crippen molar-refractivity contribution in [1.29, 1.82) is 0 Å². The van der Waals surface area contributed by atoms with Gasteiger partial charge < -0.3 is 14.2 Å². The SMILES string of the molecule is COc1ncccc1CN1C[C@@H]2[C@H](C1)n1cccc1C(=O)N2Cc1cccs1. The summed E-state index contributed by atoms with van der Waals surface area (Å²) in [4.78, 5) is 23.2. The Bertz CT molecular complexity index is 984. The molecule has 28 heavy (non-hydrogen) atoms. The average Bonchev–Trinajstić information content (AvgIpc) is 3.45. The van der Waals surface area contributed by atoms with Crippen LogP contribution in [-0.2, 0) is 13.1 Å². The molecule has 0 aromatic carbocycles. The fraction of sp³-hybridized carbons (Fsp3) is 0.333.